The van der Waals surface area contributed by atoms with Crippen LogP contribution in [-0.2, 0) is 4.79 Å². The second-order valence-corrected chi connectivity index (χ2v) is 8.04. The van der Waals surface area contributed by atoms with Gasteiger partial charge in [-0.2, -0.15) is 15.0 Å². The Morgan fingerprint density at radius 3 is 2.25 bits per heavy atom. The maximum atomic E-state index is 12.6. The Morgan fingerprint density at radius 2 is 1.68 bits per heavy atom. The van der Waals surface area contributed by atoms with Crippen LogP contribution in [0.1, 0.15) is 24.4 Å². The number of phenolic OH excluding ortho intramolecular Hbond substituents is 1. The van der Waals surface area contributed by atoms with E-state index < -0.39 is 0 Å². The van der Waals surface area contributed by atoms with Gasteiger partial charge in [0, 0.05) is 13.0 Å². The SMILES string of the molecule is C[N+](C)(C)CCCNC(=O)CC(c1ccc(O)cc1)n1nc2ccccc2n1. The first-order chi connectivity index (χ1) is 13.3. The van der Waals surface area contributed by atoms with Crippen LogP contribution in [0.15, 0.2) is 48.5 Å². The molecule has 0 radical (unpaired) electrons. The first kappa shape index (κ1) is 19.8. The smallest absolute Gasteiger partial charge is 0.222 e. The molecule has 148 valence electrons. The van der Waals surface area contributed by atoms with E-state index >= 15 is 0 Å². The Hall–Kier alpha value is -2.93. The zero-order valence-corrected chi connectivity index (χ0v) is 16.7. The lowest BCUT2D eigenvalue weighted by Gasteiger charge is -2.23. The number of carbonyl (C=O) groups excluding carboxylic acids is 1. The van der Waals surface area contributed by atoms with Gasteiger partial charge in [-0.3, -0.25) is 4.79 Å². The lowest BCUT2D eigenvalue weighted by Crippen LogP contribution is -2.37. The third kappa shape index (κ3) is 5.29. The molecule has 0 spiro atoms. The van der Waals surface area contributed by atoms with E-state index in [0.717, 1.165) is 34.0 Å². The lowest BCUT2D eigenvalue weighted by molar-refractivity contribution is -0.870. The number of carbonyl (C=O) groups is 1. The monoisotopic (exact) mass is 382 g/mol. The van der Waals surface area contributed by atoms with E-state index in [-0.39, 0.29) is 24.1 Å². The van der Waals surface area contributed by atoms with Crippen molar-refractivity contribution < 1.29 is 14.4 Å². The summed E-state index contributed by atoms with van der Waals surface area (Å²) in [5, 5.41) is 21.7. The number of nitrogens with zero attached hydrogens (tertiary/aromatic N) is 4. The van der Waals surface area contributed by atoms with Gasteiger partial charge in [0.25, 0.3) is 0 Å². The summed E-state index contributed by atoms with van der Waals surface area (Å²) in [7, 11) is 6.41. The molecule has 1 unspecified atom stereocenters. The molecule has 0 bridgehead atoms. The van der Waals surface area contributed by atoms with Gasteiger partial charge in [-0.15, -0.1) is 0 Å². The van der Waals surface area contributed by atoms with Crippen molar-refractivity contribution in [3.05, 3.63) is 54.1 Å². The third-order valence-corrected chi connectivity index (χ3v) is 4.57. The largest absolute Gasteiger partial charge is 0.508 e. The van der Waals surface area contributed by atoms with Gasteiger partial charge in [-0.1, -0.05) is 24.3 Å². The fourth-order valence-corrected chi connectivity index (χ4v) is 3.07. The number of amides is 1. The molecule has 7 heteroatoms. The molecule has 28 heavy (non-hydrogen) atoms. The number of benzene rings is 2. The van der Waals surface area contributed by atoms with Gasteiger partial charge in [-0.05, 0) is 29.8 Å². The summed E-state index contributed by atoms with van der Waals surface area (Å²) in [5.74, 6) is 0.145. The van der Waals surface area contributed by atoms with Crippen LogP contribution in [0.2, 0.25) is 0 Å². The number of rotatable bonds is 8. The summed E-state index contributed by atoms with van der Waals surface area (Å²) in [4.78, 5) is 14.2. The van der Waals surface area contributed by atoms with Gasteiger partial charge in [0.2, 0.25) is 5.91 Å². The number of hydrogen-bond acceptors (Lipinski definition) is 4. The lowest BCUT2D eigenvalue weighted by atomic mass is 10.0. The average molecular weight is 382 g/mol. The van der Waals surface area contributed by atoms with E-state index in [1.165, 1.54) is 0 Å². The van der Waals surface area contributed by atoms with E-state index in [0.29, 0.717) is 6.54 Å². The van der Waals surface area contributed by atoms with Crippen molar-refractivity contribution in [2.45, 2.75) is 18.9 Å². The first-order valence-electron chi connectivity index (χ1n) is 9.49. The number of phenols is 1. The van der Waals surface area contributed by atoms with Gasteiger partial charge >= 0.3 is 0 Å². The van der Waals surface area contributed by atoms with E-state index in [9.17, 15) is 9.90 Å². The molecule has 0 fully saturated rings. The van der Waals surface area contributed by atoms with E-state index in [2.05, 4.69) is 36.7 Å². The van der Waals surface area contributed by atoms with Crippen LogP contribution in [0.4, 0.5) is 0 Å². The van der Waals surface area contributed by atoms with Crippen molar-refractivity contribution >= 4 is 16.9 Å². The standard InChI is InChI=1S/C21H27N5O2/c1-26(2,3)14-6-13-22-21(28)15-20(16-9-11-17(27)12-10-16)25-23-18-7-4-5-8-19(18)24-25/h4-5,7-12,20H,6,13-15H2,1-3H3,(H-,22,27,28)/p+1. The normalized spacial score (nSPS) is 12.8. The molecule has 0 aliphatic rings. The molecule has 2 aromatic carbocycles. The van der Waals surface area contributed by atoms with Crippen molar-refractivity contribution in [3.63, 3.8) is 0 Å². The summed E-state index contributed by atoms with van der Waals surface area (Å²) in [6.45, 7) is 1.64. The number of quaternary nitrogens is 1. The minimum atomic E-state index is -0.341. The number of aromatic nitrogens is 3. The summed E-state index contributed by atoms with van der Waals surface area (Å²) in [6.07, 6.45) is 1.15. The third-order valence-electron chi connectivity index (χ3n) is 4.57. The molecule has 1 heterocycles. The molecule has 1 aromatic heterocycles. The molecule has 3 rings (SSSR count). The van der Waals surface area contributed by atoms with Crippen LogP contribution in [0.5, 0.6) is 5.75 Å². The first-order valence-corrected chi connectivity index (χ1v) is 9.49. The predicted octanol–water partition coefficient (Wildman–Crippen LogP) is 2.33. The number of fused-ring (bicyclic) bond motifs is 1. The Bertz CT molecular complexity index is 895. The Kier molecular flexibility index (Phi) is 5.94. The molecular weight excluding hydrogens is 354 g/mol. The second-order valence-electron chi connectivity index (χ2n) is 8.04. The van der Waals surface area contributed by atoms with Gasteiger partial charge < -0.3 is 14.9 Å². The van der Waals surface area contributed by atoms with Gasteiger partial charge in [0.15, 0.2) is 0 Å². The predicted molar refractivity (Wildman–Crippen MR) is 109 cm³/mol. The van der Waals surface area contributed by atoms with Crippen molar-refractivity contribution in [1.82, 2.24) is 20.3 Å². The Balaban J connectivity index is 1.75. The maximum absolute atomic E-state index is 12.6. The number of aromatic hydroxyl groups is 1. The second kappa shape index (κ2) is 8.39. The topological polar surface area (TPSA) is 80.0 Å². The fourth-order valence-electron chi connectivity index (χ4n) is 3.07. The van der Waals surface area contributed by atoms with Gasteiger partial charge in [-0.25, -0.2) is 0 Å². The maximum Gasteiger partial charge on any atom is 0.222 e. The average Bonchev–Trinajstić information content (AvgIpc) is 3.07. The zero-order valence-electron chi connectivity index (χ0n) is 16.7. The summed E-state index contributed by atoms with van der Waals surface area (Å²) in [5.41, 5.74) is 2.45. The van der Waals surface area contributed by atoms with Crippen LogP contribution in [0.25, 0.3) is 11.0 Å². The number of hydrogen-bond donors (Lipinski definition) is 2. The highest BCUT2D eigenvalue weighted by molar-refractivity contribution is 5.77. The van der Waals surface area contributed by atoms with E-state index in [1.807, 2.05) is 24.3 Å². The quantitative estimate of drug-likeness (QED) is 0.463. The molecule has 7 nitrogen and oxygen atoms in total. The van der Waals surface area contributed by atoms with Crippen molar-refractivity contribution in [3.8, 4) is 5.75 Å². The van der Waals surface area contributed by atoms with Gasteiger partial charge in [0.05, 0.1) is 34.1 Å². The number of nitrogens with one attached hydrogen (secondary N) is 1. The van der Waals surface area contributed by atoms with Crippen LogP contribution in [0.3, 0.4) is 0 Å². The summed E-state index contributed by atoms with van der Waals surface area (Å²) >= 11 is 0. The van der Waals surface area contributed by atoms with Crippen molar-refractivity contribution in [2.24, 2.45) is 0 Å². The molecule has 0 aliphatic carbocycles. The van der Waals surface area contributed by atoms with Crippen LogP contribution in [0, 0.1) is 0 Å². The minimum absolute atomic E-state index is 0.0409. The molecule has 1 atom stereocenters. The van der Waals surface area contributed by atoms with Crippen LogP contribution in [-0.4, -0.2) is 64.7 Å². The Labute approximate surface area is 165 Å². The van der Waals surface area contributed by atoms with Crippen LogP contribution >= 0.6 is 0 Å². The summed E-state index contributed by atoms with van der Waals surface area (Å²) in [6, 6.07) is 14.1. The molecule has 3 aromatic rings. The minimum Gasteiger partial charge on any atom is -0.508 e. The van der Waals surface area contributed by atoms with E-state index in [1.54, 1.807) is 29.1 Å². The van der Waals surface area contributed by atoms with Gasteiger partial charge in [0.1, 0.15) is 22.8 Å². The molecule has 1 amide bonds. The van der Waals surface area contributed by atoms with E-state index in [4.69, 9.17) is 0 Å². The highest BCUT2D eigenvalue weighted by Crippen LogP contribution is 2.24. The zero-order chi connectivity index (χ0) is 20.1. The van der Waals surface area contributed by atoms with Crippen molar-refractivity contribution in [2.75, 3.05) is 34.2 Å². The molecule has 2 N–H and O–H groups in total. The Morgan fingerprint density at radius 1 is 1.07 bits per heavy atom. The molecule has 0 saturated carbocycles. The molecular formula is C21H28N5O2+. The highest BCUT2D eigenvalue weighted by atomic mass is 16.3. The molecule has 0 saturated heterocycles. The molecule has 0 aliphatic heterocycles. The van der Waals surface area contributed by atoms with Crippen LogP contribution < -0.4 is 5.32 Å². The fraction of sp³-hybridized carbons (Fsp3) is 0.381. The highest BCUT2D eigenvalue weighted by Gasteiger charge is 2.21. The summed E-state index contributed by atoms with van der Waals surface area (Å²) < 4.78 is 0.871. The van der Waals surface area contributed by atoms with Crippen molar-refractivity contribution in [1.29, 1.82) is 0 Å².